The van der Waals surface area contributed by atoms with Crippen LogP contribution in [0.3, 0.4) is 0 Å². The average Bonchev–Trinajstić information content (AvgIpc) is 2.86. The summed E-state index contributed by atoms with van der Waals surface area (Å²) < 4.78 is 38.1. The average molecular weight is 315 g/mol. The van der Waals surface area contributed by atoms with Gasteiger partial charge >= 0.3 is 6.18 Å². The molecule has 21 heavy (non-hydrogen) atoms. The van der Waals surface area contributed by atoms with Gasteiger partial charge in [-0.2, -0.15) is 13.2 Å². The summed E-state index contributed by atoms with van der Waals surface area (Å²) >= 11 is 1.40. The minimum atomic E-state index is -4.42. The van der Waals surface area contributed by atoms with Gasteiger partial charge in [0.25, 0.3) is 0 Å². The molecule has 0 aliphatic heterocycles. The van der Waals surface area contributed by atoms with Crippen LogP contribution in [0.5, 0.6) is 0 Å². The van der Waals surface area contributed by atoms with Crippen molar-refractivity contribution >= 4 is 11.3 Å². The minimum Gasteiger partial charge on any atom is -0.382 e. The Bertz CT molecular complexity index is 628. The minimum absolute atomic E-state index is 0.156. The Morgan fingerprint density at radius 1 is 1.19 bits per heavy atom. The van der Waals surface area contributed by atoms with Crippen LogP contribution in [0.4, 0.5) is 13.2 Å². The van der Waals surface area contributed by atoms with E-state index in [9.17, 15) is 18.3 Å². The van der Waals surface area contributed by atoms with E-state index in [1.165, 1.54) is 23.5 Å². The van der Waals surface area contributed by atoms with Crippen LogP contribution >= 0.6 is 11.3 Å². The van der Waals surface area contributed by atoms with E-state index in [0.717, 1.165) is 17.1 Å². The lowest BCUT2D eigenvalue weighted by Crippen LogP contribution is -2.11. The van der Waals surface area contributed by atoms with E-state index in [-0.39, 0.29) is 11.0 Å². The molecule has 0 radical (unpaired) electrons. The summed E-state index contributed by atoms with van der Waals surface area (Å²) in [4.78, 5) is 4.34. The standard InChI is InChI=1S/C15H16F3NOS/c1-14(2,3)13-19-11(8-21-13)12(20)9-5-4-6-10(7-9)15(16,17)18/h4-8,12,20H,1-3H3. The van der Waals surface area contributed by atoms with Crippen molar-refractivity contribution in [2.45, 2.75) is 38.5 Å². The Kier molecular flexibility index (Phi) is 4.13. The number of halogens is 3. The van der Waals surface area contributed by atoms with E-state index in [2.05, 4.69) is 4.98 Å². The van der Waals surface area contributed by atoms with Gasteiger partial charge in [0.2, 0.25) is 0 Å². The summed E-state index contributed by atoms with van der Waals surface area (Å²) in [6, 6.07) is 4.70. The number of nitrogens with zero attached hydrogens (tertiary/aromatic N) is 1. The molecular weight excluding hydrogens is 299 g/mol. The number of benzene rings is 1. The molecule has 1 heterocycles. The number of alkyl halides is 3. The van der Waals surface area contributed by atoms with Gasteiger partial charge in [0, 0.05) is 10.8 Å². The second-order valence-corrected chi connectivity index (χ2v) is 6.71. The van der Waals surface area contributed by atoms with Gasteiger partial charge in [-0.3, -0.25) is 0 Å². The summed E-state index contributed by atoms with van der Waals surface area (Å²) in [6.07, 6.45) is -5.58. The van der Waals surface area contributed by atoms with Crippen LogP contribution in [0.1, 0.15) is 48.7 Å². The molecule has 1 aromatic heterocycles. The first-order valence-electron chi connectivity index (χ1n) is 6.40. The lowest BCUT2D eigenvalue weighted by atomic mass is 9.98. The summed E-state index contributed by atoms with van der Waals surface area (Å²) in [5, 5.41) is 12.8. The van der Waals surface area contributed by atoms with Crippen LogP contribution in [-0.2, 0) is 11.6 Å². The topological polar surface area (TPSA) is 33.1 Å². The Hall–Kier alpha value is -1.40. The molecule has 2 aromatic rings. The molecule has 0 spiro atoms. The molecule has 0 aliphatic rings. The molecule has 0 saturated carbocycles. The third kappa shape index (κ3) is 3.63. The Balaban J connectivity index is 2.32. The van der Waals surface area contributed by atoms with Crippen LogP contribution in [0.2, 0.25) is 0 Å². The fourth-order valence-electron chi connectivity index (χ4n) is 1.81. The lowest BCUT2D eigenvalue weighted by molar-refractivity contribution is -0.137. The number of aromatic nitrogens is 1. The normalized spacial score (nSPS) is 14.2. The molecule has 2 rings (SSSR count). The Morgan fingerprint density at radius 3 is 2.38 bits per heavy atom. The third-order valence-corrected chi connectivity index (χ3v) is 4.26. The first-order valence-corrected chi connectivity index (χ1v) is 7.28. The highest BCUT2D eigenvalue weighted by Crippen LogP contribution is 2.33. The second-order valence-electron chi connectivity index (χ2n) is 5.85. The Morgan fingerprint density at radius 2 is 1.86 bits per heavy atom. The van der Waals surface area contributed by atoms with Crippen molar-refractivity contribution in [3.8, 4) is 0 Å². The number of aliphatic hydroxyl groups excluding tert-OH is 1. The smallest absolute Gasteiger partial charge is 0.382 e. The molecule has 1 aromatic carbocycles. The van der Waals surface area contributed by atoms with E-state index in [1.807, 2.05) is 20.8 Å². The highest BCUT2D eigenvalue weighted by atomic mass is 32.1. The Labute approximate surface area is 125 Å². The molecule has 1 unspecified atom stereocenters. The lowest BCUT2D eigenvalue weighted by Gasteiger charge is -2.15. The van der Waals surface area contributed by atoms with Crippen molar-refractivity contribution in [3.63, 3.8) is 0 Å². The highest BCUT2D eigenvalue weighted by molar-refractivity contribution is 7.09. The van der Waals surface area contributed by atoms with Crippen LogP contribution < -0.4 is 0 Å². The number of aliphatic hydroxyl groups is 1. The maximum absolute atomic E-state index is 12.7. The van der Waals surface area contributed by atoms with Gasteiger partial charge in [0.1, 0.15) is 6.10 Å². The predicted octanol–water partition coefficient (Wildman–Crippen LogP) is 4.54. The van der Waals surface area contributed by atoms with Crippen molar-refractivity contribution in [1.82, 2.24) is 4.98 Å². The van der Waals surface area contributed by atoms with Gasteiger partial charge in [-0.1, -0.05) is 32.9 Å². The highest BCUT2D eigenvalue weighted by Gasteiger charge is 2.31. The van der Waals surface area contributed by atoms with Gasteiger partial charge in [0.05, 0.1) is 16.3 Å². The molecule has 1 atom stereocenters. The van der Waals surface area contributed by atoms with E-state index in [1.54, 1.807) is 5.38 Å². The maximum Gasteiger partial charge on any atom is 0.416 e. The molecule has 0 amide bonds. The zero-order chi connectivity index (χ0) is 15.8. The van der Waals surface area contributed by atoms with Crippen molar-refractivity contribution in [2.75, 3.05) is 0 Å². The molecule has 6 heteroatoms. The molecule has 0 bridgehead atoms. The SMILES string of the molecule is CC(C)(C)c1nc(C(O)c2cccc(C(F)(F)F)c2)cs1. The predicted molar refractivity (Wildman–Crippen MR) is 76.3 cm³/mol. The zero-order valence-electron chi connectivity index (χ0n) is 11.9. The summed E-state index contributed by atoms with van der Waals surface area (Å²) in [7, 11) is 0. The van der Waals surface area contributed by atoms with Gasteiger partial charge < -0.3 is 5.11 Å². The summed E-state index contributed by atoms with van der Waals surface area (Å²) in [5.41, 5.74) is -0.360. The fraction of sp³-hybridized carbons (Fsp3) is 0.400. The number of rotatable bonds is 2. The molecule has 0 saturated heterocycles. The number of hydrogen-bond donors (Lipinski definition) is 1. The number of hydrogen-bond acceptors (Lipinski definition) is 3. The van der Waals surface area contributed by atoms with Gasteiger partial charge in [0.15, 0.2) is 0 Å². The molecule has 2 nitrogen and oxygen atoms in total. The largest absolute Gasteiger partial charge is 0.416 e. The summed E-state index contributed by atoms with van der Waals surface area (Å²) in [5.74, 6) is 0. The molecule has 0 aliphatic carbocycles. The van der Waals surface area contributed by atoms with Crippen molar-refractivity contribution in [2.24, 2.45) is 0 Å². The van der Waals surface area contributed by atoms with Gasteiger partial charge in [-0.05, 0) is 17.7 Å². The molecule has 114 valence electrons. The molecular formula is C15H16F3NOS. The van der Waals surface area contributed by atoms with E-state index >= 15 is 0 Å². The van der Waals surface area contributed by atoms with Gasteiger partial charge in [-0.25, -0.2) is 4.98 Å². The van der Waals surface area contributed by atoms with Crippen LogP contribution in [0.15, 0.2) is 29.6 Å². The van der Waals surface area contributed by atoms with Crippen molar-refractivity contribution < 1.29 is 18.3 Å². The van der Waals surface area contributed by atoms with Crippen LogP contribution in [0, 0.1) is 0 Å². The van der Waals surface area contributed by atoms with Crippen LogP contribution in [0.25, 0.3) is 0 Å². The maximum atomic E-state index is 12.7. The zero-order valence-corrected chi connectivity index (χ0v) is 12.7. The van der Waals surface area contributed by atoms with Crippen molar-refractivity contribution in [3.05, 3.63) is 51.5 Å². The first-order chi connectivity index (χ1) is 9.59. The van der Waals surface area contributed by atoms with E-state index < -0.39 is 17.8 Å². The third-order valence-electron chi connectivity index (χ3n) is 2.97. The van der Waals surface area contributed by atoms with Crippen LogP contribution in [-0.4, -0.2) is 10.1 Å². The van der Waals surface area contributed by atoms with E-state index in [4.69, 9.17) is 0 Å². The van der Waals surface area contributed by atoms with E-state index in [0.29, 0.717) is 5.69 Å². The second kappa shape index (κ2) is 5.42. The summed E-state index contributed by atoms with van der Waals surface area (Å²) in [6.45, 7) is 5.98. The monoisotopic (exact) mass is 315 g/mol. The first kappa shape index (κ1) is 16.0. The van der Waals surface area contributed by atoms with Gasteiger partial charge in [-0.15, -0.1) is 11.3 Å². The van der Waals surface area contributed by atoms with Crippen molar-refractivity contribution in [1.29, 1.82) is 0 Å². The fourth-order valence-corrected chi connectivity index (χ4v) is 2.74. The molecule has 1 N–H and O–H groups in total. The molecule has 0 fully saturated rings. The quantitative estimate of drug-likeness (QED) is 0.882. The number of thiazole rings is 1.